The van der Waals surface area contributed by atoms with Gasteiger partial charge in [-0.15, -0.1) is 0 Å². The molecule has 0 aliphatic heterocycles. The lowest BCUT2D eigenvalue weighted by atomic mass is 9.64. The second-order valence-corrected chi connectivity index (χ2v) is 8.41. The van der Waals surface area contributed by atoms with E-state index in [0.29, 0.717) is 12.3 Å². The first-order valence-electron chi connectivity index (χ1n) is 10.7. The molecule has 4 aromatic carbocycles. The molecular weight excluding hydrogens is 378 g/mol. The Balaban J connectivity index is 2.16. The summed E-state index contributed by atoms with van der Waals surface area (Å²) < 4.78 is 0. The number of phenolic OH excluding ortho intramolecular Hbond substituents is 1. The molecule has 156 valence electrons. The summed E-state index contributed by atoms with van der Waals surface area (Å²) in [6.45, 7) is 2.78. The summed E-state index contributed by atoms with van der Waals surface area (Å²) in [4.78, 5) is 2.09. The molecule has 0 aliphatic rings. The van der Waals surface area contributed by atoms with E-state index in [4.69, 9.17) is 0 Å². The molecule has 0 heterocycles. The van der Waals surface area contributed by atoms with E-state index in [1.54, 1.807) is 0 Å². The molecular formula is C29H29NO. The second kappa shape index (κ2) is 8.79. The van der Waals surface area contributed by atoms with Crippen LogP contribution in [0.3, 0.4) is 0 Å². The number of hydrogen-bond acceptors (Lipinski definition) is 2. The fraction of sp³-hybridized carbons (Fsp3) is 0.172. The van der Waals surface area contributed by atoms with Crippen LogP contribution in [0.1, 0.15) is 33.4 Å². The van der Waals surface area contributed by atoms with Crippen LogP contribution in [0.5, 0.6) is 5.75 Å². The Morgan fingerprint density at radius 1 is 0.677 bits per heavy atom. The lowest BCUT2D eigenvalue weighted by Crippen LogP contribution is -2.31. The molecule has 0 fully saturated rings. The number of aryl methyl sites for hydroxylation is 1. The number of phenols is 1. The van der Waals surface area contributed by atoms with Crippen LogP contribution in [-0.4, -0.2) is 24.1 Å². The number of hydrogen-bond donors (Lipinski definition) is 1. The van der Waals surface area contributed by atoms with Gasteiger partial charge >= 0.3 is 0 Å². The Kier molecular flexibility index (Phi) is 5.92. The molecule has 4 rings (SSSR count). The van der Waals surface area contributed by atoms with E-state index < -0.39 is 5.41 Å². The Labute approximate surface area is 185 Å². The van der Waals surface area contributed by atoms with E-state index in [9.17, 15) is 5.11 Å². The van der Waals surface area contributed by atoms with Gasteiger partial charge in [0.2, 0.25) is 0 Å². The maximum atomic E-state index is 11.7. The van der Waals surface area contributed by atoms with Crippen molar-refractivity contribution in [2.75, 3.05) is 14.1 Å². The van der Waals surface area contributed by atoms with Gasteiger partial charge in [0.05, 0.1) is 5.41 Å². The summed E-state index contributed by atoms with van der Waals surface area (Å²) >= 11 is 0. The van der Waals surface area contributed by atoms with Crippen LogP contribution < -0.4 is 0 Å². The van der Waals surface area contributed by atoms with E-state index >= 15 is 0 Å². The molecule has 0 aromatic heterocycles. The third-order valence-electron chi connectivity index (χ3n) is 5.84. The molecule has 4 aromatic rings. The van der Waals surface area contributed by atoms with E-state index in [-0.39, 0.29) is 0 Å². The monoisotopic (exact) mass is 407 g/mol. The number of rotatable bonds is 6. The van der Waals surface area contributed by atoms with Gasteiger partial charge in [-0.2, -0.15) is 0 Å². The smallest absolute Gasteiger partial charge is 0.124 e. The van der Waals surface area contributed by atoms with E-state index in [1.807, 2.05) is 32.3 Å². The molecule has 2 nitrogen and oxygen atoms in total. The van der Waals surface area contributed by atoms with E-state index in [1.165, 1.54) is 0 Å². The normalized spacial score (nSPS) is 11.6. The van der Waals surface area contributed by atoms with Crippen molar-refractivity contribution < 1.29 is 5.11 Å². The molecule has 1 N–H and O–H groups in total. The Bertz CT molecular complexity index is 1040. The maximum absolute atomic E-state index is 11.7. The minimum atomic E-state index is -0.638. The topological polar surface area (TPSA) is 23.5 Å². The van der Waals surface area contributed by atoms with Crippen LogP contribution in [0.4, 0.5) is 0 Å². The zero-order valence-corrected chi connectivity index (χ0v) is 18.4. The van der Waals surface area contributed by atoms with Crippen LogP contribution in [0.15, 0.2) is 103 Å². The van der Waals surface area contributed by atoms with Gasteiger partial charge in [-0.25, -0.2) is 0 Å². The van der Waals surface area contributed by atoms with Crippen molar-refractivity contribution in [2.24, 2.45) is 0 Å². The molecule has 0 unspecified atom stereocenters. The summed E-state index contributed by atoms with van der Waals surface area (Å²) in [5.74, 6) is 0.357. The largest absolute Gasteiger partial charge is 0.507 e. The molecule has 0 amide bonds. The van der Waals surface area contributed by atoms with Crippen molar-refractivity contribution in [1.29, 1.82) is 0 Å². The summed E-state index contributed by atoms with van der Waals surface area (Å²) in [5, 5.41) is 11.7. The van der Waals surface area contributed by atoms with Gasteiger partial charge in [0.25, 0.3) is 0 Å². The van der Waals surface area contributed by atoms with Gasteiger partial charge in [-0.1, -0.05) is 109 Å². The highest BCUT2D eigenvalue weighted by atomic mass is 16.3. The second-order valence-electron chi connectivity index (χ2n) is 8.41. The van der Waals surface area contributed by atoms with Crippen molar-refractivity contribution in [3.05, 3.63) is 137 Å². The molecule has 2 heteroatoms. The van der Waals surface area contributed by atoms with Crippen LogP contribution >= 0.6 is 0 Å². The quantitative estimate of drug-likeness (QED) is 0.388. The van der Waals surface area contributed by atoms with Gasteiger partial charge < -0.3 is 10.0 Å². The summed E-state index contributed by atoms with van der Waals surface area (Å²) in [6, 6.07) is 35.7. The molecule has 0 spiro atoms. The third-order valence-corrected chi connectivity index (χ3v) is 5.84. The van der Waals surface area contributed by atoms with Crippen LogP contribution in [0.25, 0.3) is 0 Å². The first kappa shape index (κ1) is 20.9. The van der Waals surface area contributed by atoms with Crippen LogP contribution in [0, 0.1) is 6.92 Å². The molecule has 0 saturated carbocycles. The molecule has 0 bridgehead atoms. The van der Waals surface area contributed by atoms with Crippen molar-refractivity contribution in [1.82, 2.24) is 4.90 Å². The third kappa shape index (κ3) is 3.87. The van der Waals surface area contributed by atoms with Gasteiger partial charge in [0.15, 0.2) is 0 Å². The standard InChI is InChI=1S/C29H29NO/c1-22-19-23(21-30(2)3)28(31)27(20-22)29(24-13-7-4-8-14-24,25-15-9-5-10-16-25)26-17-11-6-12-18-26/h4-20,31H,21H2,1-3H3. The minimum absolute atomic E-state index is 0.357. The SMILES string of the molecule is Cc1cc(CN(C)C)c(O)c(C(c2ccccc2)(c2ccccc2)c2ccccc2)c1. The molecule has 0 aliphatic carbocycles. The first-order valence-corrected chi connectivity index (χ1v) is 10.7. The Morgan fingerprint density at radius 3 is 1.48 bits per heavy atom. The molecule has 0 atom stereocenters. The average Bonchev–Trinajstić information content (AvgIpc) is 2.79. The lowest BCUT2D eigenvalue weighted by molar-refractivity contribution is 0.382. The average molecular weight is 408 g/mol. The van der Waals surface area contributed by atoms with E-state index in [2.05, 4.69) is 96.8 Å². The van der Waals surface area contributed by atoms with Crippen molar-refractivity contribution >= 4 is 0 Å². The fourth-order valence-corrected chi connectivity index (χ4v) is 4.63. The zero-order valence-electron chi connectivity index (χ0n) is 18.4. The zero-order chi connectivity index (χ0) is 21.8. The van der Waals surface area contributed by atoms with Gasteiger partial charge in [0, 0.05) is 17.7 Å². The maximum Gasteiger partial charge on any atom is 0.124 e. The highest BCUT2D eigenvalue weighted by molar-refractivity contribution is 5.64. The summed E-state index contributed by atoms with van der Waals surface area (Å²) in [7, 11) is 4.06. The van der Waals surface area contributed by atoms with Gasteiger partial charge in [-0.3, -0.25) is 0 Å². The fourth-order valence-electron chi connectivity index (χ4n) is 4.63. The lowest BCUT2D eigenvalue weighted by Gasteiger charge is -2.38. The highest BCUT2D eigenvalue weighted by Gasteiger charge is 2.40. The molecule has 31 heavy (non-hydrogen) atoms. The Hall–Kier alpha value is -3.36. The van der Waals surface area contributed by atoms with Crippen LogP contribution in [0.2, 0.25) is 0 Å². The van der Waals surface area contributed by atoms with Crippen molar-refractivity contribution in [3.8, 4) is 5.75 Å². The Morgan fingerprint density at radius 2 is 1.10 bits per heavy atom. The van der Waals surface area contributed by atoms with Crippen molar-refractivity contribution in [2.45, 2.75) is 18.9 Å². The minimum Gasteiger partial charge on any atom is -0.507 e. The number of aromatic hydroxyl groups is 1. The molecule has 0 radical (unpaired) electrons. The van der Waals surface area contributed by atoms with E-state index in [0.717, 1.165) is 33.4 Å². The van der Waals surface area contributed by atoms with Crippen molar-refractivity contribution in [3.63, 3.8) is 0 Å². The predicted octanol–water partition coefficient (Wildman–Crippen LogP) is 6.14. The van der Waals surface area contributed by atoms with Gasteiger partial charge in [-0.05, 0) is 37.7 Å². The number of nitrogens with zero attached hydrogens (tertiary/aromatic N) is 1. The summed E-state index contributed by atoms with van der Waals surface area (Å²) in [6.07, 6.45) is 0. The first-order chi connectivity index (χ1) is 15.0. The summed E-state index contributed by atoms with van der Waals surface area (Å²) in [5.41, 5.74) is 5.73. The molecule has 0 saturated heterocycles. The van der Waals surface area contributed by atoms with Gasteiger partial charge in [0.1, 0.15) is 5.75 Å². The highest BCUT2D eigenvalue weighted by Crippen LogP contribution is 2.49. The van der Waals surface area contributed by atoms with Crippen LogP contribution in [-0.2, 0) is 12.0 Å². The number of benzene rings is 4. The predicted molar refractivity (Wildman–Crippen MR) is 129 cm³/mol.